The second kappa shape index (κ2) is 7.79. The SMILES string of the molecule is O=C(NC1CCCC1)C1CCN(S(=O)(=O)c2ccccc2C(F)(F)F)CC1. The summed E-state index contributed by atoms with van der Waals surface area (Å²) in [6.45, 7) is 0.0779. The summed E-state index contributed by atoms with van der Waals surface area (Å²) in [4.78, 5) is 11.6. The molecule has 1 saturated heterocycles. The monoisotopic (exact) mass is 404 g/mol. The van der Waals surface area contributed by atoms with Gasteiger partial charge in [0.15, 0.2) is 0 Å². The number of piperidine rings is 1. The van der Waals surface area contributed by atoms with E-state index in [0.29, 0.717) is 12.8 Å². The van der Waals surface area contributed by atoms with Gasteiger partial charge in [-0.15, -0.1) is 0 Å². The van der Waals surface area contributed by atoms with Gasteiger partial charge in [0.25, 0.3) is 0 Å². The molecule has 0 atom stereocenters. The summed E-state index contributed by atoms with van der Waals surface area (Å²) in [6, 6.07) is 4.40. The molecule has 2 aliphatic rings. The average molecular weight is 404 g/mol. The number of alkyl halides is 3. The number of carbonyl (C=O) groups is 1. The first-order valence-electron chi connectivity index (χ1n) is 9.16. The van der Waals surface area contributed by atoms with Gasteiger partial charge in [-0.2, -0.15) is 17.5 Å². The largest absolute Gasteiger partial charge is 0.417 e. The molecule has 1 saturated carbocycles. The number of amides is 1. The zero-order valence-electron chi connectivity index (χ0n) is 14.8. The van der Waals surface area contributed by atoms with Crippen LogP contribution in [-0.4, -0.2) is 37.8 Å². The first-order valence-corrected chi connectivity index (χ1v) is 10.6. The Bertz CT molecular complexity index is 781. The van der Waals surface area contributed by atoms with Crippen LogP contribution < -0.4 is 5.32 Å². The molecular weight excluding hydrogens is 381 g/mol. The van der Waals surface area contributed by atoms with Crippen molar-refractivity contribution in [1.29, 1.82) is 0 Å². The van der Waals surface area contributed by atoms with E-state index in [2.05, 4.69) is 5.32 Å². The van der Waals surface area contributed by atoms with Gasteiger partial charge >= 0.3 is 6.18 Å². The number of carbonyl (C=O) groups excluding carboxylic acids is 1. The number of rotatable bonds is 4. The summed E-state index contributed by atoms with van der Waals surface area (Å²) in [7, 11) is -4.27. The third-order valence-electron chi connectivity index (χ3n) is 5.34. The molecule has 0 spiro atoms. The van der Waals surface area contributed by atoms with E-state index >= 15 is 0 Å². The van der Waals surface area contributed by atoms with Gasteiger partial charge in [0.2, 0.25) is 15.9 Å². The topological polar surface area (TPSA) is 66.5 Å². The van der Waals surface area contributed by atoms with Gasteiger partial charge in [-0.1, -0.05) is 25.0 Å². The summed E-state index contributed by atoms with van der Waals surface area (Å²) in [5, 5.41) is 3.01. The van der Waals surface area contributed by atoms with E-state index in [-0.39, 0.29) is 31.0 Å². The Morgan fingerprint density at radius 3 is 2.22 bits per heavy atom. The van der Waals surface area contributed by atoms with Crippen LogP contribution in [-0.2, 0) is 21.0 Å². The highest BCUT2D eigenvalue weighted by Gasteiger charge is 2.40. The second-order valence-electron chi connectivity index (χ2n) is 7.16. The van der Waals surface area contributed by atoms with Gasteiger partial charge in [0, 0.05) is 25.0 Å². The zero-order chi connectivity index (χ0) is 19.7. The van der Waals surface area contributed by atoms with Crippen LogP contribution in [0, 0.1) is 5.92 Å². The summed E-state index contributed by atoms with van der Waals surface area (Å²) < 4.78 is 66.0. The van der Waals surface area contributed by atoms with Crippen LogP contribution in [0.5, 0.6) is 0 Å². The zero-order valence-corrected chi connectivity index (χ0v) is 15.7. The van der Waals surface area contributed by atoms with Crippen molar-refractivity contribution >= 4 is 15.9 Å². The summed E-state index contributed by atoms with van der Waals surface area (Å²) >= 11 is 0. The van der Waals surface area contributed by atoms with Crippen LogP contribution in [0.15, 0.2) is 29.2 Å². The summed E-state index contributed by atoms with van der Waals surface area (Å²) in [6.07, 6.45) is 0.00195. The maximum Gasteiger partial charge on any atom is 0.417 e. The number of hydrogen-bond donors (Lipinski definition) is 1. The van der Waals surface area contributed by atoms with Gasteiger partial charge in [-0.3, -0.25) is 4.79 Å². The number of nitrogens with one attached hydrogen (secondary N) is 1. The van der Waals surface area contributed by atoms with Crippen LogP contribution in [0.3, 0.4) is 0 Å². The van der Waals surface area contributed by atoms with Crippen molar-refractivity contribution in [2.45, 2.75) is 55.6 Å². The van der Waals surface area contributed by atoms with Crippen molar-refractivity contribution in [1.82, 2.24) is 9.62 Å². The highest BCUT2D eigenvalue weighted by atomic mass is 32.2. The third kappa shape index (κ3) is 4.45. The third-order valence-corrected chi connectivity index (χ3v) is 7.29. The van der Waals surface area contributed by atoms with Gasteiger partial charge in [-0.05, 0) is 37.8 Å². The number of hydrogen-bond acceptors (Lipinski definition) is 3. The van der Waals surface area contributed by atoms with Gasteiger partial charge < -0.3 is 5.32 Å². The molecule has 1 aliphatic carbocycles. The minimum Gasteiger partial charge on any atom is -0.353 e. The molecule has 1 aromatic rings. The first-order chi connectivity index (χ1) is 12.7. The smallest absolute Gasteiger partial charge is 0.353 e. The standard InChI is InChI=1S/C18H23F3N2O3S/c19-18(20,21)15-7-3-4-8-16(15)27(25,26)23-11-9-13(10-12-23)17(24)22-14-5-1-2-6-14/h3-4,7-8,13-14H,1-2,5-6,9-12H2,(H,22,24). The Kier molecular flexibility index (Phi) is 5.81. The highest BCUT2D eigenvalue weighted by Crippen LogP contribution is 2.36. The molecule has 5 nitrogen and oxygen atoms in total. The Morgan fingerprint density at radius 2 is 1.63 bits per heavy atom. The molecule has 0 unspecified atom stereocenters. The maximum absolute atomic E-state index is 13.2. The van der Waals surface area contributed by atoms with Gasteiger partial charge in [0.1, 0.15) is 0 Å². The van der Waals surface area contributed by atoms with E-state index in [1.54, 1.807) is 0 Å². The minimum absolute atomic E-state index is 0.0390. The van der Waals surface area contributed by atoms with Crippen molar-refractivity contribution < 1.29 is 26.4 Å². The van der Waals surface area contributed by atoms with Crippen LogP contribution >= 0.6 is 0 Å². The molecule has 0 aromatic heterocycles. The molecule has 2 fully saturated rings. The fraction of sp³-hybridized carbons (Fsp3) is 0.611. The van der Waals surface area contributed by atoms with Gasteiger partial charge in [0.05, 0.1) is 10.5 Å². The van der Waals surface area contributed by atoms with E-state index in [1.165, 1.54) is 12.1 Å². The van der Waals surface area contributed by atoms with Crippen molar-refractivity contribution in [3.8, 4) is 0 Å². The molecule has 150 valence electrons. The fourth-order valence-electron chi connectivity index (χ4n) is 3.81. The van der Waals surface area contributed by atoms with E-state index in [1.807, 2.05) is 0 Å². The maximum atomic E-state index is 13.2. The predicted octanol–water partition coefficient (Wildman–Crippen LogP) is 3.16. The van der Waals surface area contributed by atoms with Crippen LogP contribution in [0.2, 0.25) is 0 Å². The Morgan fingerprint density at radius 1 is 1.04 bits per heavy atom. The fourth-order valence-corrected chi connectivity index (χ4v) is 5.49. The van der Waals surface area contributed by atoms with Crippen molar-refractivity contribution in [3.05, 3.63) is 29.8 Å². The quantitative estimate of drug-likeness (QED) is 0.838. The molecule has 1 amide bonds. The van der Waals surface area contributed by atoms with Crippen LogP contribution in [0.25, 0.3) is 0 Å². The molecule has 3 rings (SSSR count). The minimum atomic E-state index is -4.75. The molecule has 0 radical (unpaired) electrons. The van der Waals surface area contributed by atoms with Crippen molar-refractivity contribution in [2.75, 3.05) is 13.1 Å². The molecule has 1 aliphatic heterocycles. The van der Waals surface area contributed by atoms with Crippen molar-refractivity contribution in [2.24, 2.45) is 5.92 Å². The molecule has 0 bridgehead atoms. The van der Waals surface area contributed by atoms with Crippen molar-refractivity contribution in [3.63, 3.8) is 0 Å². The summed E-state index contributed by atoms with van der Waals surface area (Å²) in [5.74, 6) is -0.371. The lowest BCUT2D eigenvalue weighted by atomic mass is 9.97. The Labute approximate surface area is 157 Å². The van der Waals surface area contributed by atoms with Crippen LogP contribution in [0.4, 0.5) is 13.2 Å². The molecule has 1 heterocycles. The van der Waals surface area contributed by atoms with Gasteiger partial charge in [-0.25, -0.2) is 8.42 Å². The predicted molar refractivity (Wildman–Crippen MR) is 93.3 cm³/mol. The van der Waals surface area contributed by atoms with Crippen LogP contribution in [0.1, 0.15) is 44.1 Å². The van der Waals surface area contributed by atoms with E-state index in [9.17, 15) is 26.4 Å². The lowest BCUT2D eigenvalue weighted by Crippen LogP contribution is -2.45. The lowest BCUT2D eigenvalue weighted by molar-refractivity contribution is -0.139. The average Bonchev–Trinajstić information content (AvgIpc) is 3.14. The number of nitrogens with zero attached hydrogens (tertiary/aromatic N) is 1. The molecule has 1 aromatic carbocycles. The molecule has 1 N–H and O–H groups in total. The summed E-state index contributed by atoms with van der Waals surface area (Å²) in [5.41, 5.74) is -1.16. The Balaban J connectivity index is 1.68. The normalized spacial score (nSPS) is 20.7. The molecular formula is C18H23F3N2O3S. The number of halogens is 3. The second-order valence-corrected chi connectivity index (χ2v) is 9.07. The van der Waals surface area contributed by atoms with E-state index < -0.39 is 26.7 Å². The number of sulfonamides is 1. The number of benzene rings is 1. The molecule has 27 heavy (non-hydrogen) atoms. The first kappa shape index (κ1) is 20.1. The Hall–Kier alpha value is -1.61. The molecule has 9 heteroatoms. The highest BCUT2D eigenvalue weighted by molar-refractivity contribution is 7.89. The lowest BCUT2D eigenvalue weighted by Gasteiger charge is -2.31. The van der Waals surface area contributed by atoms with E-state index in [0.717, 1.165) is 42.1 Å². The van der Waals surface area contributed by atoms with E-state index in [4.69, 9.17) is 0 Å².